The highest BCUT2D eigenvalue weighted by Crippen LogP contribution is 2.14. The SMILES string of the molecule is COc1ccc(CCC(=O)N2CCN(C(=O)c3cc[nH]c3)CC2)cc1. The van der Waals surface area contributed by atoms with E-state index >= 15 is 0 Å². The number of H-pyrrole nitrogens is 1. The van der Waals surface area contributed by atoms with E-state index in [0.29, 0.717) is 44.6 Å². The highest BCUT2D eigenvalue weighted by molar-refractivity contribution is 5.94. The standard InChI is InChI=1S/C19H23N3O3/c1-25-17-5-2-15(3-6-17)4-7-18(23)21-10-12-22(13-11-21)19(24)16-8-9-20-14-16/h2-3,5-6,8-9,14,20H,4,7,10-13H2,1H3. The van der Waals surface area contributed by atoms with Crippen molar-refractivity contribution in [2.75, 3.05) is 33.3 Å². The van der Waals surface area contributed by atoms with E-state index in [-0.39, 0.29) is 11.8 Å². The molecular formula is C19H23N3O3. The van der Waals surface area contributed by atoms with Crippen LogP contribution in [-0.4, -0.2) is 59.9 Å². The Bertz CT molecular complexity index is 702. The van der Waals surface area contributed by atoms with Crippen LogP contribution in [0.2, 0.25) is 0 Å². The predicted molar refractivity (Wildman–Crippen MR) is 94.6 cm³/mol. The molecule has 6 nitrogen and oxygen atoms in total. The van der Waals surface area contributed by atoms with Crippen molar-refractivity contribution in [2.24, 2.45) is 0 Å². The third-order valence-corrected chi connectivity index (χ3v) is 4.55. The Morgan fingerprint density at radius 3 is 2.32 bits per heavy atom. The van der Waals surface area contributed by atoms with Gasteiger partial charge < -0.3 is 19.5 Å². The van der Waals surface area contributed by atoms with Crippen LogP contribution in [0, 0.1) is 0 Å². The zero-order valence-corrected chi connectivity index (χ0v) is 14.4. The zero-order valence-electron chi connectivity index (χ0n) is 14.4. The van der Waals surface area contributed by atoms with Crippen molar-refractivity contribution in [3.63, 3.8) is 0 Å². The van der Waals surface area contributed by atoms with E-state index in [1.165, 1.54) is 0 Å². The first kappa shape index (κ1) is 17.1. The summed E-state index contributed by atoms with van der Waals surface area (Å²) >= 11 is 0. The molecule has 1 fully saturated rings. The van der Waals surface area contributed by atoms with Crippen LogP contribution in [0.1, 0.15) is 22.3 Å². The molecule has 1 saturated heterocycles. The number of rotatable bonds is 5. The van der Waals surface area contributed by atoms with Crippen LogP contribution in [0.25, 0.3) is 0 Å². The molecular weight excluding hydrogens is 318 g/mol. The van der Waals surface area contributed by atoms with E-state index in [0.717, 1.165) is 11.3 Å². The summed E-state index contributed by atoms with van der Waals surface area (Å²) in [7, 11) is 1.64. The van der Waals surface area contributed by atoms with Crippen LogP contribution in [0.3, 0.4) is 0 Å². The van der Waals surface area contributed by atoms with E-state index in [1.807, 2.05) is 29.2 Å². The summed E-state index contributed by atoms with van der Waals surface area (Å²) in [6.45, 7) is 2.35. The number of carbonyl (C=O) groups excluding carboxylic acids is 2. The summed E-state index contributed by atoms with van der Waals surface area (Å²) in [5.74, 6) is 0.981. The molecule has 1 aliphatic rings. The van der Waals surface area contributed by atoms with Crippen molar-refractivity contribution in [2.45, 2.75) is 12.8 Å². The summed E-state index contributed by atoms with van der Waals surface area (Å²) in [5, 5.41) is 0. The molecule has 3 rings (SSSR count). The first-order valence-corrected chi connectivity index (χ1v) is 8.50. The lowest BCUT2D eigenvalue weighted by Gasteiger charge is -2.34. The molecule has 1 aliphatic heterocycles. The van der Waals surface area contributed by atoms with Crippen molar-refractivity contribution >= 4 is 11.8 Å². The molecule has 0 radical (unpaired) electrons. The molecule has 2 heterocycles. The van der Waals surface area contributed by atoms with Crippen molar-refractivity contribution in [3.05, 3.63) is 53.9 Å². The lowest BCUT2D eigenvalue weighted by Crippen LogP contribution is -2.50. The van der Waals surface area contributed by atoms with Gasteiger partial charge in [0.05, 0.1) is 12.7 Å². The Morgan fingerprint density at radius 2 is 1.72 bits per heavy atom. The van der Waals surface area contributed by atoms with Gasteiger partial charge in [-0.3, -0.25) is 9.59 Å². The van der Waals surface area contributed by atoms with Gasteiger partial charge in [-0.25, -0.2) is 0 Å². The van der Waals surface area contributed by atoms with Gasteiger partial charge in [0.15, 0.2) is 0 Å². The van der Waals surface area contributed by atoms with Crippen molar-refractivity contribution < 1.29 is 14.3 Å². The molecule has 1 aromatic heterocycles. The number of methoxy groups -OCH3 is 1. The van der Waals surface area contributed by atoms with E-state index in [9.17, 15) is 9.59 Å². The minimum absolute atomic E-state index is 0.0200. The van der Waals surface area contributed by atoms with Gasteiger partial charge in [0, 0.05) is 45.0 Å². The summed E-state index contributed by atoms with van der Waals surface area (Å²) in [6, 6.07) is 9.56. The van der Waals surface area contributed by atoms with Gasteiger partial charge in [0.25, 0.3) is 5.91 Å². The van der Waals surface area contributed by atoms with Crippen molar-refractivity contribution in [1.29, 1.82) is 0 Å². The van der Waals surface area contributed by atoms with Gasteiger partial charge in [-0.15, -0.1) is 0 Å². The Hall–Kier alpha value is -2.76. The summed E-state index contributed by atoms with van der Waals surface area (Å²) in [5.41, 5.74) is 1.79. The fourth-order valence-corrected chi connectivity index (χ4v) is 3.00. The molecule has 0 atom stereocenters. The van der Waals surface area contributed by atoms with Crippen LogP contribution in [0.5, 0.6) is 5.75 Å². The number of hydrogen-bond acceptors (Lipinski definition) is 3. The first-order chi connectivity index (χ1) is 12.2. The average Bonchev–Trinajstić information content (AvgIpc) is 3.21. The molecule has 1 N–H and O–H groups in total. The Balaban J connectivity index is 1.45. The number of benzene rings is 1. The zero-order chi connectivity index (χ0) is 17.6. The third-order valence-electron chi connectivity index (χ3n) is 4.55. The van der Waals surface area contributed by atoms with Gasteiger partial charge in [-0.2, -0.15) is 0 Å². The molecule has 0 aliphatic carbocycles. The number of aromatic nitrogens is 1. The van der Waals surface area contributed by atoms with E-state index in [1.54, 1.807) is 30.5 Å². The Labute approximate surface area is 147 Å². The summed E-state index contributed by atoms with van der Waals surface area (Å²) in [4.78, 5) is 31.2. The minimum Gasteiger partial charge on any atom is -0.497 e. The number of ether oxygens (including phenoxy) is 1. The summed E-state index contributed by atoms with van der Waals surface area (Å²) in [6.07, 6.45) is 4.64. The fourth-order valence-electron chi connectivity index (χ4n) is 3.00. The van der Waals surface area contributed by atoms with Crippen molar-refractivity contribution in [3.8, 4) is 5.75 Å². The second kappa shape index (κ2) is 7.88. The second-order valence-corrected chi connectivity index (χ2v) is 6.12. The number of aryl methyl sites for hydroxylation is 1. The molecule has 0 unspecified atom stereocenters. The van der Waals surface area contributed by atoms with Crippen LogP contribution < -0.4 is 4.74 Å². The smallest absolute Gasteiger partial charge is 0.255 e. The van der Waals surface area contributed by atoms with Crippen molar-refractivity contribution in [1.82, 2.24) is 14.8 Å². The van der Waals surface area contributed by atoms with Crippen LogP contribution in [0.15, 0.2) is 42.7 Å². The predicted octanol–water partition coefficient (Wildman–Crippen LogP) is 1.94. The molecule has 2 aromatic rings. The lowest BCUT2D eigenvalue weighted by atomic mass is 10.1. The Morgan fingerprint density at radius 1 is 1.04 bits per heavy atom. The van der Waals surface area contributed by atoms with Crippen LogP contribution >= 0.6 is 0 Å². The number of nitrogens with zero attached hydrogens (tertiary/aromatic N) is 2. The van der Waals surface area contributed by atoms with E-state index in [2.05, 4.69) is 4.98 Å². The van der Waals surface area contributed by atoms with E-state index < -0.39 is 0 Å². The number of nitrogens with one attached hydrogen (secondary N) is 1. The largest absolute Gasteiger partial charge is 0.497 e. The molecule has 132 valence electrons. The van der Waals surface area contributed by atoms with Gasteiger partial charge in [0.1, 0.15) is 5.75 Å². The molecule has 25 heavy (non-hydrogen) atoms. The number of amides is 2. The Kier molecular flexibility index (Phi) is 5.38. The molecule has 2 amide bonds. The second-order valence-electron chi connectivity index (χ2n) is 6.12. The fraction of sp³-hybridized carbons (Fsp3) is 0.368. The molecule has 6 heteroatoms. The molecule has 0 spiro atoms. The van der Waals surface area contributed by atoms with E-state index in [4.69, 9.17) is 4.74 Å². The van der Waals surface area contributed by atoms with Gasteiger partial charge in [-0.05, 0) is 30.2 Å². The number of carbonyl (C=O) groups is 2. The topological polar surface area (TPSA) is 65.6 Å². The maximum absolute atomic E-state index is 12.4. The summed E-state index contributed by atoms with van der Waals surface area (Å²) < 4.78 is 5.14. The quantitative estimate of drug-likeness (QED) is 0.904. The maximum atomic E-state index is 12.4. The lowest BCUT2D eigenvalue weighted by molar-refractivity contribution is -0.132. The number of hydrogen-bond donors (Lipinski definition) is 1. The highest BCUT2D eigenvalue weighted by Gasteiger charge is 2.24. The molecule has 0 saturated carbocycles. The molecule has 0 bridgehead atoms. The van der Waals surface area contributed by atoms with Gasteiger partial charge in [0.2, 0.25) is 5.91 Å². The first-order valence-electron chi connectivity index (χ1n) is 8.50. The van der Waals surface area contributed by atoms with Gasteiger partial charge in [-0.1, -0.05) is 12.1 Å². The minimum atomic E-state index is 0.0200. The number of piperazine rings is 1. The molecule has 1 aromatic carbocycles. The van der Waals surface area contributed by atoms with Crippen LogP contribution in [0.4, 0.5) is 0 Å². The normalized spacial score (nSPS) is 14.4. The average molecular weight is 341 g/mol. The monoisotopic (exact) mass is 341 g/mol. The van der Waals surface area contributed by atoms with Crippen LogP contribution in [-0.2, 0) is 11.2 Å². The number of aromatic amines is 1. The highest BCUT2D eigenvalue weighted by atomic mass is 16.5. The van der Waals surface area contributed by atoms with Gasteiger partial charge >= 0.3 is 0 Å². The maximum Gasteiger partial charge on any atom is 0.255 e. The third kappa shape index (κ3) is 4.21.